The zero-order valence-corrected chi connectivity index (χ0v) is 16.0. The Labute approximate surface area is 161 Å². The van der Waals surface area contributed by atoms with Gasteiger partial charge in [-0.15, -0.1) is 12.3 Å². The summed E-state index contributed by atoms with van der Waals surface area (Å²) in [4.78, 5) is 14.4. The number of likely N-dealkylation sites (tertiary alicyclic amines) is 1. The maximum atomic E-state index is 12.1. The van der Waals surface area contributed by atoms with E-state index in [0.717, 1.165) is 43.7 Å². The predicted octanol–water partition coefficient (Wildman–Crippen LogP) is 3.13. The van der Waals surface area contributed by atoms with Crippen molar-refractivity contribution in [3.63, 3.8) is 0 Å². The van der Waals surface area contributed by atoms with Gasteiger partial charge in [-0.1, -0.05) is 12.1 Å². The highest BCUT2D eigenvalue weighted by molar-refractivity contribution is 5.76. The molecular formula is C21H28N4O2. The van der Waals surface area contributed by atoms with Gasteiger partial charge in [0.2, 0.25) is 5.91 Å². The molecule has 1 amide bonds. The van der Waals surface area contributed by atoms with Gasteiger partial charge >= 0.3 is 0 Å². The Bertz CT molecular complexity index is 694. The lowest BCUT2D eigenvalue weighted by Crippen LogP contribution is -2.35. The molecule has 2 aliphatic heterocycles. The molecule has 144 valence electrons. The molecule has 1 fully saturated rings. The average Bonchev–Trinajstić information content (AvgIpc) is 3.46. The molecular weight excluding hydrogens is 340 g/mol. The normalized spacial score (nSPS) is 18.7. The highest BCUT2D eigenvalue weighted by atomic mass is 16.5. The zero-order valence-electron chi connectivity index (χ0n) is 16.0. The standard InChI is InChI=1S/C21H28N4O2/c1-3-4-12-21(23-24-21)13-9-20(26)22-16-17-5-7-18(8-6-17)27-19-10-14-25(2)15-11-19/h1,5-8,19H,4,9-16H2,2H3,(H,22,26). The first-order chi connectivity index (χ1) is 13.1. The number of carbonyl (C=O) groups is 1. The van der Waals surface area contributed by atoms with Crippen molar-refractivity contribution in [3.05, 3.63) is 29.8 Å². The summed E-state index contributed by atoms with van der Waals surface area (Å²) in [6.07, 6.45) is 10.1. The second kappa shape index (κ2) is 9.01. The fourth-order valence-electron chi connectivity index (χ4n) is 3.25. The molecule has 0 radical (unpaired) electrons. The highest BCUT2D eigenvalue weighted by Gasteiger charge is 2.39. The number of carbonyl (C=O) groups excluding carboxylic acids is 1. The van der Waals surface area contributed by atoms with Crippen molar-refractivity contribution < 1.29 is 9.53 Å². The number of rotatable bonds is 9. The Morgan fingerprint density at radius 2 is 2.00 bits per heavy atom. The van der Waals surface area contributed by atoms with E-state index < -0.39 is 5.66 Å². The van der Waals surface area contributed by atoms with Crippen molar-refractivity contribution in [2.24, 2.45) is 10.2 Å². The molecule has 2 aliphatic rings. The molecule has 0 bridgehead atoms. The topological polar surface area (TPSA) is 66.3 Å². The fourth-order valence-corrected chi connectivity index (χ4v) is 3.25. The number of benzene rings is 1. The molecule has 0 aromatic heterocycles. The SMILES string of the molecule is C#CCCC1(CCC(=O)NCc2ccc(OC3CCN(C)CC3)cc2)N=N1. The molecule has 1 saturated heterocycles. The molecule has 3 rings (SSSR count). The van der Waals surface area contributed by atoms with Crippen LogP contribution in [0.5, 0.6) is 5.75 Å². The van der Waals surface area contributed by atoms with Gasteiger partial charge in [-0.25, -0.2) is 0 Å². The number of hydrogen-bond donors (Lipinski definition) is 1. The predicted molar refractivity (Wildman–Crippen MR) is 104 cm³/mol. The van der Waals surface area contributed by atoms with Crippen molar-refractivity contribution in [2.45, 2.75) is 56.8 Å². The van der Waals surface area contributed by atoms with E-state index in [9.17, 15) is 4.79 Å². The summed E-state index contributed by atoms with van der Waals surface area (Å²) < 4.78 is 6.05. The van der Waals surface area contributed by atoms with Crippen molar-refractivity contribution in [1.82, 2.24) is 10.2 Å². The lowest BCUT2D eigenvalue weighted by atomic mass is 10.0. The number of amides is 1. The monoisotopic (exact) mass is 368 g/mol. The largest absolute Gasteiger partial charge is 0.490 e. The second-order valence-corrected chi connectivity index (χ2v) is 7.43. The second-order valence-electron chi connectivity index (χ2n) is 7.43. The van der Waals surface area contributed by atoms with Gasteiger partial charge in [0.05, 0.1) is 0 Å². The third-order valence-electron chi connectivity index (χ3n) is 5.19. The van der Waals surface area contributed by atoms with E-state index in [1.165, 1.54) is 0 Å². The summed E-state index contributed by atoms with van der Waals surface area (Å²) in [5.74, 6) is 3.51. The number of nitrogens with zero attached hydrogens (tertiary/aromatic N) is 3. The molecule has 0 saturated carbocycles. The maximum Gasteiger partial charge on any atom is 0.220 e. The van der Waals surface area contributed by atoms with Gasteiger partial charge < -0.3 is 15.0 Å². The van der Waals surface area contributed by atoms with Crippen LogP contribution in [-0.4, -0.2) is 42.7 Å². The first-order valence-electron chi connectivity index (χ1n) is 9.67. The van der Waals surface area contributed by atoms with E-state index >= 15 is 0 Å². The minimum Gasteiger partial charge on any atom is -0.490 e. The number of ether oxygens (including phenoxy) is 1. The molecule has 27 heavy (non-hydrogen) atoms. The Kier molecular flexibility index (Phi) is 6.46. The molecule has 0 aliphatic carbocycles. The minimum absolute atomic E-state index is 0.0130. The van der Waals surface area contributed by atoms with Crippen molar-refractivity contribution in [1.29, 1.82) is 0 Å². The first kappa shape index (κ1) is 19.4. The number of hydrogen-bond acceptors (Lipinski definition) is 5. The van der Waals surface area contributed by atoms with Crippen LogP contribution in [0.3, 0.4) is 0 Å². The van der Waals surface area contributed by atoms with Crippen molar-refractivity contribution >= 4 is 5.91 Å². The van der Waals surface area contributed by atoms with Gasteiger partial charge in [0.25, 0.3) is 0 Å². The first-order valence-corrected chi connectivity index (χ1v) is 9.67. The van der Waals surface area contributed by atoms with Crippen LogP contribution < -0.4 is 10.1 Å². The summed E-state index contributed by atoms with van der Waals surface area (Å²) in [5, 5.41) is 11.1. The van der Waals surface area contributed by atoms with E-state index in [1.807, 2.05) is 24.3 Å². The van der Waals surface area contributed by atoms with Crippen LogP contribution in [0.15, 0.2) is 34.5 Å². The summed E-state index contributed by atoms with van der Waals surface area (Å²) in [5.41, 5.74) is 0.665. The minimum atomic E-state index is -0.392. The Balaban J connectivity index is 1.36. The fraction of sp³-hybridized carbons (Fsp3) is 0.571. The Morgan fingerprint density at radius 3 is 2.63 bits per heavy atom. The summed E-state index contributed by atoms with van der Waals surface area (Å²) in [7, 11) is 2.14. The molecule has 0 atom stereocenters. The van der Waals surface area contributed by atoms with Crippen LogP contribution in [-0.2, 0) is 11.3 Å². The third kappa shape index (κ3) is 6.07. The molecule has 0 spiro atoms. The Morgan fingerprint density at radius 1 is 1.30 bits per heavy atom. The van der Waals surface area contributed by atoms with E-state index in [1.54, 1.807) is 0 Å². The van der Waals surface area contributed by atoms with E-state index in [-0.39, 0.29) is 5.91 Å². The van der Waals surface area contributed by atoms with Crippen LogP contribution in [0, 0.1) is 12.3 Å². The molecule has 6 heteroatoms. The molecule has 6 nitrogen and oxygen atoms in total. The van der Waals surface area contributed by atoms with Gasteiger partial charge in [-0.05, 0) is 37.6 Å². The molecule has 1 aromatic carbocycles. The lowest BCUT2D eigenvalue weighted by molar-refractivity contribution is -0.121. The van der Waals surface area contributed by atoms with Gasteiger partial charge in [-0.2, -0.15) is 10.2 Å². The molecule has 0 unspecified atom stereocenters. The number of piperidine rings is 1. The highest BCUT2D eigenvalue weighted by Crippen LogP contribution is 2.37. The van der Waals surface area contributed by atoms with Crippen LogP contribution in [0.1, 0.15) is 44.1 Å². The van der Waals surface area contributed by atoms with Gasteiger partial charge in [0.15, 0.2) is 5.66 Å². The number of terminal acetylenes is 1. The van der Waals surface area contributed by atoms with Crippen LogP contribution in [0.25, 0.3) is 0 Å². The van der Waals surface area contributed by atoms with E-state index in [2.05, 4.69) is 33.4 Å². The van der Waals surface area contributed by atoms with E-state index in [4.69, 9.17) is 11.2 Å². The zero-order chi connectivity index (χ0) is 19.1. The van der Waals surface area contributed by atoms with Gasteiger partial charge in [0, 0.05) is 45.3 Å². The molecule has 1 aromatic rings. The quantitative estimate of drug-likeness (QED) is 0.681. The van der Waals surface area contributed by atoms with Crippen molar-refractivity contribution in [3.8, 4) is 18.1 Å². The summed E-state index contributed by atoms with van der Waals surface area (Å²) in [6, 6.07) is 7.97. The summed E-state index contributed by atoms with van der Waals surface area (Å²) in [6.45, 7) is 2.68. The smallest absolute Gasteiger partial charge is 0.220 e. The molecule has 2 heterocycles. The average molecular weight is 368 g/mol. The molecule has 1 N–H and O–H groups in total. The number of nitrogens with one attached hydrogen (secondary N) is 1. The van der Waals surface area contributed by atoms with Gasteiger partial charge in [0.1, 0.15) is 11.9 Å². The summed E-state index contributed by atoms with van der Waals surface area (Å²) >= 11 is 0. The van der Waals surface area contributed by atoms with E-state index in [0.29, 0.717) is 31.9 Å². The lowest BCUT2D eigenvalue weighted by Gasteiger charge is -2.29. The van der Waals surface area contributed by atoms with Crippen molar-refractivity contribution in [2.75, 3.05) is 20.1 Å². The van der Waals surface area contributed by atoms with Crippen LogP contribution >= 0.6 is 0 Å². The van der Waals surface area contributed by atoms with Gasteiger partial charge in [-0.3, -0.25) is 4.79 Å². The Hall–Kier alpha value is -2.39. The van der Waals surface area contributed by atoms with Crippen LogP contribution in [0.4, 0.5) is 0 Å². The van der Waals surface area contributed by atoms with Crippen LogP contribution in [0.2, 0.25) is 0 Å². The third-order valence-corrected chi connectivity index (χ3v) is 5.19. The maximum absolute atomic E-state index is 12.1.